The number of amides is 2. The first-order chi connectivity index (χ1) is 10.0. The third kappa shape index (κ3) is 3.41. The highest BCUT2D eigenvalue weighted by atomic mass is 35.5. The van der Waals surface area contributed by atoms with Gasteiger partial charge >= 0.3 is 12.0 Å². The first kappa shape index (κ1) is 15.1. The van der Waals surface area contributed by atoms with Crippen molar-refractivity contribution in [3.8, 4) is 0 Å². The van der Waals surface area contributed by atoms with E-state index in [1.807, 2.05) is 0 Å². The Morgan fingerprint density at radius 1 is 1.38 bits per heavy atom. The number of hydrogen-bond acceptors (Lipinski definition) is 3. The van der Waals surface area contributed by atoms with Gasteiger partial charge in [-0.1, -0.05) is 18.5 Å². The zero-order valence-corrected chi connectivity index (χ0v) is 12.0. The average molecular weight is 308 g/mol. The molecule has 2 rings (SSSR count). The van der Waals surface area contributed by atoms with E-state index >= 15 is 0 Å². The predicted octanol–water partition coefficient (Wildman–Crippen LogP) is 2.87. The largest absolute Gasteiger partial charge is 0.480 e. The Bertz CT molecular complexity index is 690. The molecular weight excluding hydrogens is 294 g/mol. The molecule has 0 fully saturated rings. The smallest absolute Gasteiger partial charge is 0.326 e. The lowest BCUT2D eigenvalue weighted by atomic mass is 10.2. The number of fused-ring (bicyclic) bond motifs is 1. The molecule has 0 aliphatic rings. The van der Waals surface area contributed by atoms with Crippen molar-refractivity contribution in [2.75, 3.05) is 5.32 Å². The number of nitrogens with zero attached hydrogens (tertiary/aromatic N) is 1. The Labute approximate surface area is 126 Å². The van der Waals surface area contributed by atoms with E-state index in [1.165, 1.54) is 0 Å². The molecule has 0 bridgehead atoms. The molecule has 21 heavy (non-hydrogen) atoms. The van der Waals surface area contributed by atoms with Crippen molar-refractivity contribution >= 4 is 40.2 Å². The molecule has 0 aliphatic heterocycles. The maximum atomic E-state index is 11.9. The van der Waals surface area contributed by atoms with Crippen molar-refractivity contribution in [3.63, 3.8) is 0 Å². The summed E-state index contributed by atoms with van der Waals surface area (Å²) < 4.78 is 0. The summed E-state index contributed by atoms with van der Waals surface area (Å²) in [6.07, 6.45) is 1.89. The van der Waals surface area contributed by atoms with Crippen LogP contribution in [0.5, 0.6) is 0 Å². The minimum Gasteiger partial charge on any atom is -0.480 e. The van der Waals surface area contributed by atoms with Crippen molar-refractivity contribution in [2.24, 2.45) is 0 Å². The van der Waals surface area contributed by atoms with Crippen LogP contribution in [0.25, 0.3) is 10.9 Å². The fourth-order valence-corrected chi connectivity index (χ4v) is 2.11. The number of pyridine rings is 1. The number of carbonyl (C=O) groups excluding carboxylic acids is 1. The molecule has 1 atom stereocenters. The molecule has 2 aromatic rings. The number of carboxylic acid groups (broad SMARTS) is 1. The van der Waals surface area contributed by atoms with Crippen LogP contribution >= 0.6 is 11.6 Å². The standard InChI is InChI=1S/C14H14ClN3O3/c1-2-10(13(19)20)17-14(21)18-11-6-5-9(15)8-4-3-7-16-12(8)11/h3-7,10H,2H2,1H3,(H,19,20)(H2,17,18,21)/t10-/m1/s1. The van der Waals surface area contributed by atoms with Gasteiger partial charge in [0, 0.05) is 11.6 Å². The van der Waals surface area contributed by atoms with Gasteiger partial charge < -0.3 is 15.7 Å². The van der Waals surface area contributed by atoms with Crippen LogP contribution in [0.3, 0.4) is 0 Å². The Morgan fingerprint density at radius 3 is 2.81 bits per heavy atom. The second-order valence-electron chi connectivity index (χ2n) is 4.39. The number of benzene rings is 1. The summed E-state index contributed by atoms with van der Waals surface area (Å²) >= 11 is 6.07. The van der Waals surface area contributed by atoms with E-state index in [2.05, 4.69) is 15.6 Å². The molecule has 0 spiro atoms. The normalized spacial score (nSPS) is 11.9. The lowest BCUT2D eigenvalue weighted by Crippen LogP contribution is -2.42. The van der Waals surface area contributed by atoms with Crippen LogP contribution in [-0.2, 0) is 4.79 Å². The van der Waals surface area contributed by atoms with E-state index in [4.69, 9.17) is 16.7 Å². The number of halogens is 1. The molecule has 110 valence electrons. The predicted molar refractivity (Wildman–Crippen MR) is 80.6 cm³/mol. The minimum absolute atomic E-state index is 0.294. The molecule has 1 aromatic heterocycles. The first-order valence-corrected chi connectivity index (χ1v) is 6.74. The number of urea groups is 1. The van der Waals surface area contributed by atoms with Gasteiger partial charge in [-0.05, 0) is 30.7 Å². The quantitative estimate of drug-likeness (QED) is 0.810. The van der Waals surface area contributed by atoms with Crippen molar-refractivity contribution in [2.45, 2.75) is 19.4 Å². The summed E-state index contributed by atoms with van der Waals surface area (Å²) in [4.78, 5) is 27.0. The minimum atomic E-state index is -1.08. The zero-order chi connectivity index (χ0) is 15.4. The number of aromatic nitrogens is 1. The molecule has 3 N–H and O–H groups in total. The highest BCUT2D eigenvalue weighted by Crippen LogP contribution is 2.27. The molecule has 0 saturated carbocycles. The summed E-state index contributed by atoms with van der Waals surface area (Å²) in [6.45, 7) is 1.68. The van der Waals surface area contributed by atoms with Gasteiger partial charge in [0.2, 0.25) is 0 Å². The van der Waals surface area contributed by atoms with E-state index in [0.717, 1.165) is 0 Å². The second kappa shape index (κ2) is 6.41. The number of nitrogens with one attached hydrogen (secondary N) is 2. The Hall–Kier alpha value is -2.34. The van der Waals surface area contributed by atoms with Gasteiger partial charge in [0.1, 0.15) is 6.04 Å². The molecule has 0 radical (unpaired) electrons. The van der Waals surface area contributed by atoms with Crippen LogP contribution < -0.4 is 10.6 Å². The third-order valence-corrected chi connectivity index (χ3v) is 3.31. The van der Waals surface area contributed by atoms with Gasteiger partial charge in [0.15, 0.2) is 0 Å². The van der Waals surface area contributed by atoms with Crippen LogP contribution in [0.1, 0.15) is 13.3 Å². The highest BCUT2D eigenvalue weighted by Gasteiger charge is 2.18. The van der Waals surface area contributed by atoms with E-state index in [0.29, 0.717) is 28.0 Å². The molecular formula is C14H14ClN3O3. The van der Waals surface area contributed by atoms with Gasteiger partial charge in [-0.15, -0.1) is 0 Å². The number of anilines is 1. The van der Waals surface area contributed by atoms with E-state index in [9.17, 15) is 9.59 Å². The van der Waals surface area contributed by atoms with E-state index in [-0.39, 0.29) is 0 Å². The third-order valence-electron chi connectivity index (χ3n) is 2.98. The molecule has 2 amide bonds. The van der Waals surface area contributed by atoms with Crippen LogP contribution in [0.2, 0.25) is 5.02 Å². The Balaban J connectivity index is 2.22. The summed E-state index contributed by atoms with van der Waals surface area (Å²) in [6, 6.07) is 5.28. The lowest BCUT2D eigenvalue weighted by Gasteiger charge is -2.14. The maximum Gasteiger partial charge on any atom is 0.326 e. The molecule has 1 heterocycles. The Morgan fingerprint density at radius 2 is 2.14 bits per heavy atom. The highest BCUT2D eigenvalue weighted by molar-refractivity contribution is 6.35. The maximum absolute atomic E-state index is 11.9. The summed E-state index contributed by atoms with van der Waals surface area (Å²) in [5.74, 6) is -1.08. The van der Waals surface area contributed by atoms with E-state index in [1.54, 1.807) is 37.4 Å². The van der Waals surface area contributed by atoms with Gasteiger partial charge in [-0.3, -0.25) is 4.98 Å². The fraction of sp³-hybridized carbons (Fsp3) is 0.214. The number of aliphatic carboxylic acids is 1. The number of hydrogen-bond donors (Lipinski definition) is 3. The van der Waals surface area contributed by atoms with Crippen LogP contribution in [0.15, 0.2) is 30.5 Å². The van der Waals surface area contributed by atoms with Crippen molar-refractivity contribution in [1.82, 2.24) is 10.3 Å². The Kier molecular flexibility index (Phi) is 4.59. The van der Waals surface area contributed by atoms with E-state index < -0.39 is 18.0 Å². The molecule has 7 heteroatoms. The molecule has 0 saturated heterocycles. The second-order valence-corrected chi connectivity index (χ2v) is 4.80. The monoisotopic (exact) mass is 307 g/mol. The average Bonchev–Trinajstić information content (AvgIpc) is 2.47. The summed E-state index contributed by atoms with van der Waals surface area (Å²) in [5, 5.41) is 15.1. The summed E-state index contributed by atoms with van der Waals surface area (Å²) in [5.41, 5.74) is 1.01. The van der Waals surface area contributed by atoms with Gasteiger partial charge in [-0.25, -0.2) is 9.59 Å². The molecule has 6 nitrogen and oxygen atoms in total. The number of rotatable bonds is 4. The lowest BCUT2D eigenvalue weighted by molar-refractivity contribution is -0.139. The van der Waals surface area contributed by atoms with Crippen molar-refractivity contribution in [1.29, 1.82) is 0 Å². The van der Waals surface area contributed by atoms with Gasteiger partial charge in [0.05, 0.1) is 16.2 Å². The topological polar surface area (TPSA) is 91.3 Å². The summed E-state index contributed by atoms with van der Waals surface area (Å²) in [7, 11) is 0. The van der Waals surface area contributed by atoms with Crippen LogP contribution in [-0.4, -0.2) is 28.1 Å². The zero-order valence-electron chi connectivity index (χ0n) is 11.3. The van der Waals surface area contributed by atoms with Crippen molar-refractivity contribution < 1.29 is 14.7 Å². The molecule has 0 aliphatic carbocycles. The molecule has 0 unspecified atom stereocenters. The SMILES string of the molecule is CC[C@@H](NC(=O)Nc1ccc(Cl)c2cccnc12)C(=O)O. The van der Waals surface area contributed by atoms with Gasteiger partial charge in [0.25, 0.3) is 0 Å². The number of carbonyl (C=O) groups is 2. The number of carboxylic acids is 1. The van der Waals surface area contributed by atoms with Crippen molar-refractivity contribution in [3.05, 3.63) is 35.5 Å². The van der Waals surface area contributed by atoms with Gasteiger partial charge in [-0.2, -0.15) is 0 Å². The fourth-order valence-electron chi connectivity index (χ4n) is 1.89. The first-order valence-electron chi connectivity index (χ1n) is 6.36. The molecule has 1 aromatic carbocycles. The van der Waals surface area contributed by atoms with Crippen LogP contribution in [0.4, 0.5) is 10.5 Å². The van der Waals surface area contributed by atoms with Crippen LogP contribution in [0, 0.1) is 0 Å².